The molecule has 0 heterocycles. The predicted molar refractivity (Wildman–Crippen MR) is 99.0 cm³/mol. The van der Waals surface area contributed by atoms with E-state index < -0.39 is 5.91 Å². The van der Waals surface area contributed by atoms with E-state index in [4.69, 9.17) is 27.9 Å². The molecule has 25 heavy (non-hydrogen) atoms. The Balaban J connectivity index is 1.79. The number of aromatic hydroxyl groups is 1. The van der Waals surface area contributed by atoms with Gasteiger partial charge in [0.25, 0.3) is 5.91 Å². The number of para-hydroxylation sites is 1. The molecule has 0 spiro atoms. The van der Waals surface area contributed by atoms with E-state index in [2.05, 4.69) is 5.32 Å². The highest BCUT2D eigenvalue weighted by atomic mass is 35.5. The van der Waals surface area contributed by atoms with Crippen molar-refractivity contribution in [3.8, 4) is 17.2 Å². The van der Waals surface area contributed by atoms with Crippen LogP contribution in [0.3, 0.4) is 0 Å². The number of carbonyl (C=O) groups excluding carboxylic acids is 1. The molecule has 0 unspecified atom stereocenters. The molecular formula is C19H13Cl2NO3. The summed E-state index contributed by atoms with van der Waals surface area (Å²) in [7, 11) is 0. The van der Waals surface area contributed by atoms with Gasteiger partial charge in [0.15, 0.2) is 0 Å². The van der Waals surface area contributed by atoms with E-state index in [1.165, 1.54) is 12.1 Å². The fourth-order valence-electron chi connectivity index (χ4n) is 2.20. The fourth-order valence-corrected chi connectivity index (χ4v) is 2.69. The normalized spacial score (nSPS) is 10.3. The van der Waals surface area contributed by atoms with E-state index >= 15 is 0 Å². The predicted octanol–water partition coefficient (Wildman–Crippen LogP) is 5.74. The number of carbonyl (C=O) groups is 1. The quantitative estimate of drug-likeness (QED) is 0.612. The number of nitrogens with one attached hydrogen (secondary N) is 1. The van der Waals surface area contributed by atoms with Crippen LogP contribution in [0.4, 0.5) is 5.69 Å². The monoisotopic (exact) mass is 373 g/mol. The number of hydrogen-bond acceptors (Lipinski definition) is 3. The topological polar surface area (TPSA) is 58.6 Å². The molecule has 126 valence electrons. The van der Waals surface area contributed by atoms with Gasteiger partial charge >= 0.3 is 0 Å². The summed E-state index contributed by atoms with van der Waals surface area (Å²) >= 11 is 11.7. The van der Waals surface area contributed by atoms with Crippen molar-refractivity contribution in [2.24, 2.45) is 0 Å². The van der Waals surface area contributed by atoms with E-state index in [0.717, 1.165) is 0 Å². The van der Waals surface area contributed by atoms with Crippen LogP contribution in [-0.4, -0.2) is 11.0 Å². The number of benzene rings is 3. The van der Waals surface area contributed by atoms with Gasteiger partial charge in [-0.1, -0.05) is 47.5 Å². The van der Waals surface area contributed by atoms with E-state index in [9.17, 15) is 9.90 Å². The first kappa shape index (κ1) is 17.1. The first-order valence-corrected chi connectivity index (χ1v) is 8.11. The van der Waals surface area contributed by atoms with E-state index in [1.54, 1.807) is 24.3 Å². The first-order chi connectivity index (χ1) is 12.0. The second-order valence-corrected chi connectivity index (χ2v) is 6.02. The van der Waals surface area contributed by atoms with Gasteiger partial charge in [-0.2, -0.15) is 0 Å². The highest BCUT2D eigenvalue weighted by Gasteiger charge is 2.15. The van der Waals surface area contributed by atoms with Crippen LogP contribution < -0.4 is 10.1 Å². The lowest BCUT2D eigenvalue weighted by atomic mass is 10.1. The molecule has 0 aliphatic heterocycles. The molecule has 0 atom stereocenters. The van der Waals surface area contributed by atoms with Crippen LogP contribution in [0.15, 0.2) is 66.7 Å². The third kappa shape index (κ3) is 4.24. The molecule has 0 saturated heterocycles. The third-order valence-corrected chi connectivity index (χ3v) is 3.85. The van der Waals surface area contributed by atoms with Gasteiger partial charge in [0.2, 0.25) is 0 Å². The van der Waals surface area contributed by atoms with Gasteiger partial charge in [0.05, 0.1) is 10.6 Å². The molecule has 3 aromatic carbocycles. The zero-order chi connectivity index (χ0) is 17.8. The number of rotatable bonds is 4. The average molecular weight is 374 g/mol. The lowest BCUT2D eigenvalue weighted by Gasteiger charge is -2.10. The molecule has 0 aromatic heterocycles. The first-order valence-electron chi connectivity index (χ1n) is 7.35. The number of ether oxygens (including phenoxy) is 1. The minimum absolute atomic E-state index is 0.00752. The Morgan fingerprint density at radius 3 is 2.40 bits per heavy atom. The number of amides is 1. The highest BCUT2D eigenvalue weighted by Crippen LogP contribution is 2.32. The van der Waals surface area contributed by atoms with Crippen LogP contribution in [0.5, 0.6) is 17.2 Å². The Bertz CT molecular complexity index is 914. The maximum atomic E-state index is 12.4. The lowest BCUT2D eigenvalue weighted by Crippen LogP contribution is -2.12. The fraction of sp³-hybridized carbons (Fsp3) is 0. The molecule has 0 saturated carbocycles. The van der Waals surface area contributed by atoms with E-state index in [0.29, 0.717) is 17.2 Å². The summed E-state index contributed by atoms with van der Waals surface area (Å²) in [5.74, 6) is 0.404. The van der Waals surface area contributed by atoms with Crippen LogP contribution in [-0.2, 0) is 0 Å². The summed E-state index contributed by atoms with van der Waals surface area (Å²) in [6.45, 7) is 0. The van der Waals surface area contributed by atoms with Crippen LogP contribution >= 0.6 is 23.2 Å². The maximum absolute atomic E-state index is 12.4. The third-order valence-electron chi connectivity index (χ3n) is 3.34. The second kappa shape index (κ2) is 7.47. The summed E-state index contributed by atoms with van der Waals surface area (Å²) in [6.07, 6.45) is 0. The maximum Gasteiger partial charge on any atom is 0.259 e. The molecular weight excluding hydrogens is 361 g/mol. The van der Waals surface area contributed by atoms with Gasteiger partial charge in [0.1, 0.15) is 17.2 Å². The molecule has 0 aliphatic carbocycles. The van der Waals surface area contributed by atoms with Crippen molar-refractivity contribution >= 4 is 34.8 Å². The minimum atomic E-state index is -0.529. The molecule has 0 aliphatic rings. The number of halogens is 2. The molecule has 0 radical (unpaired) electrons. The molecule has 0 fully saturated rings. The number of phenols is 1. The van der Waals surface area contributed by atoms with Gasteiger partial charge < -0.3 is 15.2 Å². The summed E-state index contributed by atoms with van der Waals surface area (Å²) < 4.78 is 5.73. The van der Waals surface area contributed by atoms with Crippen molar-refractivity contribution in [2.75, 3.05) is 5.32 Å². The molecule has 2 N–H and O–H groups in total. The van der Waals surface area contributed by atoms with Crippen molar-refractivity contribution in [1.82, 2.24) is 0 Å². The van der Waals surface area contributed by atoms with Crippen molar-refractivity contribution in [3.63, 3.8) is 0 Å². The van der Waals surface area contributed by atoms with Gasteiger partial charge in [-0.3, -0.25) is 4.79 Å². The Labute approximate surface area is 154 Å². The van der Waals surface area contributed by atoms with Gasteiger partial charge in [-0.05, 0) is 36.4 Å². The molecule has 4 nitrogen and oxygen atoms in total. The van der Waals surface area contributed by atoms with E-state index in [1.807, 2.05) is 30.3 Å². The summed E-state index contributed by atoms with van der Waals surface area (Å²) in [5.41, 5.74) is 0.501. The summed E-state index contributed by atoms with van der Waals surface area (Å²) in [5, 5.41) is 12.9. The van der Waals surface area contributed by atoms with Crippen LogP contribution in [0.1, 0.15) is 10.4 Å². The largest absolute Gasteiger partial charge is 0.506 e. The second-order valence-electron chi connectivity index (χ2n) is 5.18. The van der Waals surface area contributed by atoms with Crippen molar-refractivity contribution in [1.29, 1.82) is 0 Å². The summed E-state index contributed by atoms with van der Waals surface area (Å²) in [6, 6.07) is 18.9. The van der Waals surface area contributed by atoms with Crippen LogP contribution in [0, 0.1) is 0 Å². The van der Waals surface area contributed by atoms with Crippen LogP contribution in [0.2, 0.25) is 10.0 Å². The Kier molecular flexibility index (Phi) is 5.12. The Hall–Kier alpha value is -2.69. The summed E-state index contributed by atoms with van der Waals surface area (Å²) in [4.78, 5) is 12.4. The zero-order valence-corrected chi connectivity index (χ0v) is 14.4. The van der Waals surface area contributed by atoms with E-state index in [-0.39, 0.29) is 21.4 Å². The number of phenolic OH excluding ortho intramolecular Hbond substituents is 1. The molecule has 3 rings (SSSR count). The van der Waals surface area contributed by atoms with Gasteiger partial charge in [0, 0.05) is 16.8 Å². The van der Waals surface area contributed by atoms with Gasteiger partial charge in [-0.25, -0.2) is 0 Å². The Morgan fingerprint density at radius 2 is 1.64 bits per heavy atom. The SMILES string of the molecule is O=C(Nc1cccc(Oc2ccccc2)c1)c1cc(Cl)cc(Cl)c1O. The number of anilines is 1. The standard InChI is InChI=1S/C19H13Cl2NO3/c20-12-9-16(18(23)17(21)10-12)19(24)22-13-5-4-8-15(11-13)25-14-6-2-1-3-7-14/h1-11,23H,(H,22,24). The minimum Gasteiger partial charge on any atom is -0.506 e. The van der Waals surface area contributed by atoms with Crippen LogP contribution in [0.25, 0.3) is 0 Å². The highest BCUT2D eigenvalue weighted by molar-refractivity contribution is 6.36. The molecule has 0 bridgehead atoms. The van der Waals surface area contributed by atoms with Crippen molar-refractivity contribution in [3.05, 3.63) is 82.3 Å². The van der Waals surface area contributed by atoms with Crippen molar-refractivity contribution < 1.29 is 14.6 Å². The lowest BCUT2D eigenvalue weighted by molar-refractivity contribution is 0.102. The average Bonchev–Trinajstić information content (AvgIpc) is 2.59. The molecule has 1 amide bonds. The molecule has 6 heteroatoms. The molecule has 3 aromatic rings. The van der Waals surface area contributed by atoms with Gasteiger partial charge in [-0.15, -0.1) is 0 Å². The zero-order valence-electron chi connectivity index (χ0n) is 12.9. The smallest absolute Gasteiger partial charge is 0.259 e. The number of hydrogen-bond donors (Lipinski definition) is 2. The Morgan fingerprint density at radius 1 is 0.920 bits per heavy atom. The van der Waals surface area contributed by atoms with Crippen molar-refractivity contribution in [2.45, 2.75) is 0 Å².